The maximum Gasteiger partial charge on any atom is 0.291 e. The number of amides is 2. The van der Waals surface area contributed by atoms with Crippen molar-refractivity contribution in [1.29, 1.82) is 0 Å². The second kappa shape index (κ2) is 8.23. The molecule has 3 N–H and O–H groups in total. The molecule has 6 heteroatoms. The molecule has 4 aromatic rings. The zero-order valence-electron chi connectivity index (χ0n) is 16.3. The summed E-state index contributed by atoms with van der Waals surface area (Å²) in [4.78, 5) is 24.9. The second-order valence-corrected chi connectivity index (χ2v) is 6.95. The molecule has 0 saturated heterocycles. The lowest BCUT2D eigenvalue weighted by molar-refractivity contribution is -0.129. The first-order valence-corrected chi connectivity index (χ1v) is 9.47. The van der Waals surface area contributed by atoms with Gasteiger partial charge in [0.2, 0.25) is 0 Å². The van der Waals surface area contributed by atoms with Crippen molar-refractivity contribution in [2.24, 2.45) is 0 Å². The number of fused-ring (bicyclic) bond motifs is 1. The summed E-state index contributed by atoms with van der Waals surface area (Å²) in [6.07, 6.45) is 0. The van der Waals surface area contributed by atoms with Gasteiger partial charge < -0.3 is 9.73 Å². The van der Waals surface area contributed by atoms with Gasteiger partial charge in [0.1, 0.15) is 5.58 Å². The van der Waals surface area contributed by atoms with Gasteiger partial charge in [-0.05, 0) is 36.2 Å². The highest BCUT2D eigenvalue weighted by Gasteiger charge is 2.23. The van der Waals surface area contributed by atoms with E-state index in [0.717, 1.165) is 16.5 Å². The van der Waals surface area contributed by atoms with Crippen LogP contribution in [0.25, 0.3) is 11.0 Å². The van der Waals surface area contributed by atoms with Gasteiger partial charge in [-0.2, -0.15) is 0 Å². The van der Waals surface area contributed by atoms with E-state index in [9.17, 15) is 9.59 Å². The molecule has 0 aliphatic rings. The molecule has 0 bridgehead atoms. The van der Waals surface area contributed by atoms with E-state index in [0.29, 0.717) is 16.8 Å². The van der Waals surface area contributed by atoms with Crippen LogP contribution in [0.15, 0.2) is 83.3 Å². The Hall–Kier alpha value is -3.90. The van der Waals surface area contributed by atoms with E-state index in [2.05, 4.69) is 5.32 Å². The normalized spacial score (nSPS) is 11.8. The fraction of sp³-hybridized carbons (Fsp3) is 0.0833. The molecule has 0 aliphatic carbocycles. The van der Waals surface area contributed by atoms with E-state index in [4.69, 9.17) is 9.62 Å². The smallest absolute Gasteiger partial charge is 0.291 e. The van der Waals surface area contributed by atoms with E-state index >= 15 is 0 Å². The Morgan fingerprint density at radius 3 is 2.17 bits per heavy atom. The standard InChI is InChI=1S/C24H20N2O4/c1-15-19-9-5-6-10-20(19)30-22(15)24(28)25-18-13-11-17(12-14-18)21(23(27)26-29)16-7-3-2-4-8-16/h2-14,21,29H,1H3,(H,25,28)(H,26,27). The molecule has 0 spiro atoms. The van der Waals surface area contributed by atoms with Crippen LogP contribution in [0.4, 0.5) is 5.69 Å². The minimum atomic E-state index is -0.668. The number of hydroxylamine groups is 1. The number of benzene rings is 3. The van der Waals surface area contributed by atoms with Gasteiger partial charge in [-0.1, -0.05) is 60.7 Å². The summed E-state index contributed by atoms with van der Waals surface area (Å²) in [6.45, 7) is 1.85. The maximum atomic E-state index is 12.7. The van der Waals surface area contributed by atoms with Gasteiger partial charge in [-0.25, -0.2) is 5.48 Å². The topological polar surface area (TPSA) is 91.6 Å². The minimum Gasteiger partial charge on any atom is -0.451 e. The van der Waals surface area contributed by atoms with Crippen LogP contribution in [0.1, 0.15) is 33.2 Å². The Balaban J connectivity index is 1.57. The highest BCUT2D eigenvalue weighted by atomic mass is 16.5. The first kappa shape index (κ1) is 19.4. The van der Waals surface area contributed by atoms with Crippen LogP contribution in [0.3, 0.4) is 0 Å². The number of carbonyl (C=O) groups is 2. The predicted octanol–water partition coefficient (Wildman–Crippen LogP) is 4.63. The summed E-state index contributed by atoms with van der Waals surface area (Å²) in [5, 5.41) is 12.9. The number of rotatable bonds is 5. The van der Waals surface area contributed by atoms with Crippen LogP contribution >= 0.6 is 0 Å². The van der Waals surface area contributed by atoms with Crippen LogP contribution in [-0.4, -0.2) is 17.0 Å². The van der Waals surface area contributed by atoms with Crippen LogP contribution in [0.5, 0.6) is 0 Å². The van der Waals surface area contributed by atoms with Crippen molar-refractivity contribution in [3.05, 3.63) is 101 Å². The van der Waals surface area contributed by atoms with E-state index in [1.54, 1.807) is 29.7 Å². The molecular formula is C24H20N2O4. The summed E-state index contributed by atoms with van der Waals surface area (Å²) in [7, 11) is 0. The number of hydrogen-bond donors (Lipinski definition) is 3. The zero-order chi connectivity index (χ0) is 21.1. The Kier molecular flexibility index (Phi) is 5.32. The van der Waals surface area contributed by atoms with Gasteiger partial charge >= 0.3 is 0 Å². The molecule has 1 atom stereocenters. The zero-order valence-corrected chi connectivity index (χ0v) is 16.3. The predicted molar refractivity (Wildman–Crippen MR) is 114 cm³/mol. The average Bonchev–Trinajstić information content (AvgIpc) is 3.12. The number of furan rings is 1. The molecule has 0 fully saturated rings. The molecule has 6 nitrogen and oxygen atoms in total. The van der Waals surface area contributed by atoms with Gasteiger partial charge in [-0.3, -0.25) is 14.8 Å². The first-order valence-electron chi connectivity index (χ1n) is 9.47. The summed E-state index contributed by atoms with van der Waals surface area (Å²) in [6, 6.07) is 23.6. The number of hydrogen-bond acceptors (Lipinski definition) is 4. The lowest BCUT2D eigenvalue weighted by Crippen LogP contribution is -2.27. The van der Waals surface area contributed by atoms with Crippen LogP contribution in [0.2, 0.25) is 0 Å². The molecule has 4 rings (SSSR count). The van der Waals surface area contributed by atoms with Crippen molar-refractivity contribution >= 4 is 28.5 Å². The number of para-hydroxylation sites is 1. The van der Waals surface area contributed by atoms with Crippen molar-refractivity contribution in [3.63, 3.8) is 0 Å². The number of aryl methyl sites for hydroxylation is 1. The summed E-state index contributed by atoms with van der Waals surface area (Å²) >= 11 is 0. The lowest BCUT2D eigenvalue weighted by atomic mass is 9.90. The SMILES string of the molecule is Cc1c(C(=O)Nc2ccc(C(C(=O)NO)c3ccccc3)cc2)oc2ccccc12. The van der Waals surface area contributed by atoms with E-state index in [1.807, 2.05) is 61.5 Å². The third kappa shape index (κ3) is 3.68. The third-order valence-corrected chi connectivity index (χ3v) is 5.06. The van der Waals surface area contributed by atoms with Gasteiger partial charge in [-0.15, -0.1) is 0 Å². The highest BCUT2D eigenvalue weighted by molar-refractivity contribution is 6.06. The van der Waals surface area contributed by atoms with Crippen molar-refractivity contribution in [1.82, 2.24) is 5.48 Å². The summed E-state index contributed by atoms with van der Waals surface area (Å²) in [5.74, 6) is -1.28. The van der Waals surface area contributed by atoms with Crippen LogP contribution in [0, 0.1) is 6.92 Å². The molecule has 3 aromatic carbocycles. The van der Waals surface area contributed by atoms with Crippen molar-refractivity contribution in [3.8, 4) is 0 Å². The Bertz CT molecular complexity index is 1200. The minimum absolute atomic E-state index is 0.266. The fourth-order valence-corrected chi connectivity index (χ4v) is 3.54. The molecule has 1 heterocycles. The second-order valence-electron chi connectivity index (χ2n) is 6.95. The molecule has 150 valence electrons. The maximum absolute atomic E-state index is 12.7. The molecule has 0 aliphatic heterocycles. The van der Waals surface area contributed by atoms with Crippen molar-refractivity contribution in [2.45, 2.75) is 12.8 Å². The molecule has 1 unspecified atom stereocenters. The number of nitrogens with one attached hydrogen (secondary N) is 2. The molecule has 30 heavy (non-hydrogen) atoms. The fourth-order valence-electron chi connectivity index (χ4n) is 3.54. The molecule has 1 aromatic heterocycles. The van der Waals surface area contributed by atoms with Crippen molar-refractivity contribution in [2.75, 3.05) is 5.32 Å². The first-order chi connectivity index (χ1) is 14.6. The lowest BCUT2D eigenvalue weighted by Gasteiger charge is -2.16. The van der Waals surface area contributed by atoms with E-state index in [-0.39, 0.29) is 11.7 Å². The Morgan fingerprint density at radius 1 is 0.867 bits per heavy atom. The van der Waals surface area contributed by atoms with E-state index < -0.39 is 11.8 Å². The molecule has 2 amide bonds. The molecule has 0 radical (unpaired) electrons. The molecular weight excluding hydrogens is 380 g/mol. The average molecular weight is 400 g/mol. The highest BCUT2D eigenvalue weighted by Crippen LogP contribution is 2.28. The Labute approximate surface area is 173 Å². The summed E-state index contributed by atoms with van der Waals surface area (Å²) in [5.41, 5.74) is 5.18. The van der Waals surface area contributed by atoms with E-state index in [1.165, 1.54) is 0 Å². The quantitative estimate of drug-likeness (QED) is 0.336. The summed E-state index contributed by atoms with van der Waals surface area (Å²) < 4.78 is 5.71. The largest absolute Gasteiger partial charge is 0.451 e. The number of carbonyl (C=O) groups excluding carboxylic acids is 2. The number of anilines is 1. The Morgan fingerprint density at radius 2 is 1.50 bits per heavy atom. The van der Waals surface area contributed by atoms with Gasteiger partial charge in [0.15, 0.2) is 5.76 Å². The van der Waals surface area contributed by atoms with Gasteiger partial charge in [0.25, 0.3) is 11.8 Å². The van der Waals surface area contributed by atoms with Crippen LogP contribution in [-0.2, 0) is 4.79 Å². The van der Waals surface area contributed by atoms with Crippen LogP contribution < -0.4 is 10.8 Å². The van der Waals surface area contributed by atoms with Crippen molar-refractivity contribution < 1.29 is 19.2 Å². The third-order valence-electron chi connectivity index (χ3n) is 5.06. The van der Waals surface area contributed by atoms with Gasteiger partial charge in [0.05, 0.1) is 5.92 Å². The monoisotopic (exact) mass is 400 g/mol. The molecule has 0 saturated carbocycles. The van der Waals surface area contributed by atoms with Gasteiger partial charge in [0, 0.05) is 16.6 Å².